The first-order chi connectivity index (χ1) is 8.22. The zero-order chi connectivity index (χ0) is 12.5. The van der Waals surface area contributed by atoms with E-state index in [4.69, 9.17) is 4.74 Å². The van der Waals surface area contributed by atoms with Gasteiger partial charge >= 0.3 is 0 Å². The van der Waals surface area contributed by atoms with Crippen LogP contribution in [-0.2, 0) is 4.74 Å². The number of halogens is 1. The van der Waals surface area contributed by atoms with Gasteiger partial charge in [0.2, 0.25) is 0 Å². The molecule has 3 nitrogen and oxygen atoms in total. The number of rotatable bonds is 8. The van der Waals surface area contributed by atoms with Crippen molar-refractivity contribution in [2.75, 3.05) is 32.6 Å². The molecule has 0 aliphatic carbocycles. The van der Waals surface area contributed by atoms with Crippen LogP contribution in [0, 0.1) is 0 Å². The van der Waals surface area contributed by atoms with Crippen LogP contribution in [0.1, 0.15) is 0 Å². The fourth-order valence-electron chi connectivity index (χ4n) is 1.23. The average molecular weight is 320 g/mol. The Morgan fingerprint density at radius 1 is 1.41 bits per heavy atom. The standard InChI is InChI=1S/C12H18BrNO2S/c1-16-7-6-14-8-11(15)9-17-12-4-2-10(13)3-5-12/h2-5,11,14-15H,6-9H2,1H3. The summed E-state index contributed by atoms with van der Waals surface area (Å²) in [5.74, 6) is 0.696. The van der Waals surface area contributed by atoms with Crippen molar-refractivity contribution in [2.45, 2.75) is 11.0 Å². The fourth-order valence-corrected chi connectivity index (χ4v) is 2.32. The van der Waals surface area contributed by atoms with Crippen LogP contribution in [0.2, 0.25) is 0 Å². The summed E-state index contributed by atoms with van der Waals surface area (Å²) in [6.45, 7) is 2.05. The average Bonchev–Trinajstić information content (AvgIpc) is 2.34. The maximum absolute atomic E-state index is 9.73. The normalized spacial score (nSPS) is 12.6. The lowest BCUT2D eigenvalue weighted by molar-refractivity contribution is 0.175. The van der Waals surface area contributed by atoms with Crippen LogP contribution in [0.25, 0.3) is 0 Å². The molecule has 96 valence electrons. The van der Waals surface area contributed by atoms with Gasteiger partial charge in [-0.25, -0.2) is 0 Å². The molecule has 17 heavy (non-hydrogen) atoms. The quantitative estimate of drug-likeness (QED) is 0.569. The van der Waals surface area contributed by atoms with Gasteiger partial charge in [0, 0.05) is 35.3 Å². The van der Waals surface area contributed by atoms with Crippen LogP contribution in [0.5, 0.6) is 0 Å². The van der Waals surface area contributed by atoms with Crippen molar-refractivity contribution >= 4 is 27.7 Å². The van der Waals surface area contributed by atoms with Gasteiger partial charge in [0.1, 0.15) is 0 Å². The van der Waals surface area contributed by atoms with Gasteiger partial charge in [-0.1, -0.05) is 15.9 Å². The number of aliphatic hydroxyl groups excluding tert-OH is 1. The van der Waals surface area contributed by atoms with Gasteiger partial charge in [-0.3, -0.25) is 0 Å². The predicted octanol–water partition coefficient (Wildman–Crippen LogP) is 2.14. The van der Waals surface area contributed by atoms with Crippen molar-refractivity contribution in [3.63, 3.8) is 0 Å². The number of thioether (sulfide) groups is 1. The molecule has 1 unspecified atom stereocenters. The van der Waals surface area contributed by atoms with Gasteiger partial charge in [-0.2, -0.15) is 0 Å². The third-order valence-electron chi connectivity index (χ3n) is 2.12. The maximum atomic E-state index is 9.73. The second kappa shape index (κ2) is 8.94. The Labute approximate surface area is 115 Å². The molecule has 0 bridgehead atoms. The monoisotopic (exact) mass is 319 g/mol. The van der Waals surface area contributed by atoms with Crippen molar-refractivity contribution < 1.29 is 9.84 Å². The summed E-state index contributed by atoms with van der Waals surface area (Å²) in [5.41, 5.74) is 0. The molecule has 1 rings (SSSR count). The minimum Gasteiger partial charge on any atom is -0.391 e. The predicted molar refractivity (Wildman–Crippen MR) is 75.6 cm³/mol. The lowest BCUT2D eigenvalue weighted by atomic mass is 10.4. The van der Waals surface area contributed by atoms with Crippen LogP contribution >= 0.6 is 27.7 Å². The van der Waals surface area contributed by atoms with E-state index < -0.39 is 0 Å². The van der Waals surface area contributed by atoms with Crippen molar-refractivity contribution in [2.24, 2.45) is 0 Å². The van der Waals surface area contributed by atoms with Crippen LogP contribution in [0.4, 0.5) is 0 Å². The first-order valence-electron chi connectivity index (χ1n) is 5.48. The van der Waals surface area contributed by atoms with Gasteiger partial charge in [-0.15, -0.1) is 11.8 Å². The number of aliphatic hydroxyl groups is 1. The zero-order valence-electron chi connectivity index (χ0n) is 9.86. The molecule has 2 N–H and O–H groups in total. The van der Waals surface area contributed by atoms with Gasteiger partial charge in [-0.05, 0) is 24.3 Å². The molecule has 0 saturated carbocycles. The molecule has 0 amide bonds. The third kappa shape index (κ3) is 7.06. The number of benzene rings is 1. The molecular formula is C12H18BrNO2S. The van der Waals surface area contributed by atoms with E-state index in [1.807, 2.05) is 24.3 Å². The summed E-state index contributed by atoms with van der Waals surface area (Å²) < 4.78 is 5.98. The van der Waals surface area contributed by atoms with Gasteiger partial charge in [0.05, 0.1) is 12.7 Å². The number of nitrogens with one attached hydrogen (secondary N) is 1. The van der Waals surface area contributed by atoms with E-state index in [2.05, 4.69) is 21.2 Å². The number of methoxy groups -OCH3 is 1. The minimum absolute atomic E-state index is 0.333. The first kappa shape index (κ1) is 15.0. The fraction of sp³-hybridized carbons (Fsp3) is 0.500. The number of ether oxygens (including phenoxy) is 1. The highest BCUT2D eigenvalue weighted by Gasteiger charge is 2.04. The van der Waals surface area contributed by atoms with E-state index >= 15 is 0 Å². The van der Waals surface area contributed by atoms with E-state index in [1.165, 1.54) is 4.90 Å². The summed E-state index contributed by atoms with van der Waals surface area (Å²) in [4.78, 5) is 1.17. The summed E-state index contributed by atoms with van der Waals surface area (Å²) in [6.07, 6.45) is -0.333. The molecule has 0 aliphatic rings. The topological polar surface area (TPSA) is 41.5 Å². The van der Waals surface area contributed by atoms with Gasteiger partial charge in [0.25, 0.3) is 0 Å². The zero-order valence-corrected chi connectivity index (χ0v) is 12.3. The lowest BCUT2D eigenvalue weighted by Crippen LogP contribution is -2.30. The number of hydrogen-bond acceptors (Lipinski definition) is 4. The van der Waals surface area contributed by atoms with E-state index in [0.29, 0.717) is 18.9 Å². The second-order valence-electron chi connectivity index (χ2n) is 3.62. The van der Waals surface area contributed by atoms with E-state index in [1.54, 1.807) is 18.9 Å². The Morgan fingerprint density at radius 3 is 2.76 bits per heavy atom. The minimum atomic E-state index is -0.333. The molecule has 0 heterocycles. The molecule has 0 saturated heterocycles. The second-order valence-corrected chi connectivity index (χ2v) is 5.62. The van der Waals surface area contributed by atoms with Gasteiger partial charge in [0.15, 0.2) is 0 Å². The smallest absolute Gasteiger partial charge is 0.0758 e. The Morgan fingerprint density at radius 2 is 2.12 bits per heavy atom. The van der Waals surface area contributed by atoms with Crippen LogP contribution in [-0.4, -0.2) is 43.8 Å². The lowest BCUT2D eigenvalue weighted by Gasteiger charge is -2.11. The molecule has 0 radical (unpaired) electrons. The Kier molecular flexibility index (Phi) is 7.88. The third-order valence-corrected chi connectivity index (χ3v) is 3.80. The summed E-state index contributed by atoms with van der Waals surface area (Å²) in [6, 6.07) is 8.09. The highest BCUT2D eigenvalue weighted by Crippen LogP contribution is 2.21. The van der Waals surface area contributed by atoms with Crippen molar-refractivity contribution in [3.8, 4) is 0 Å². The Hall–Kier alpha value is -0.0700. The summed E-state index contributed by atoms with van der Waals surface area (Å²) >= 11 is 5.05. The highest BCUT2D eigenvalue weighted by molar-refractivity contribution is 9.10. The van der Waals surface area contributed by atoms with E-state index in [9.17, 15) is 5.11 Å². The van der Waals surface area contributed by atoms with E-state index in [-0.39, 0.29) is 6.10 Å². The molecule has 5 heteroatoms. The van der Waals surface area contributed by atoms with Gasteiger partial charge < -0.3 is 15.2 Å². The molecule has 1 aromatic carbocycles. The maximum Gasteiger partial charge on any atom is 0.0758 e. The van der Waals surface area contributed by atoms with Crippen LogP contribution in [0.3, 0.4) is 0 Å². The Balaban J connectivity index is 2.14. The summed E-state index contributed by atoms with van der Waals surface area (Å²) in [5, 5.41) is 12.9. The SMILES string of the molecule is COCCNCC(O)CSc1ccc(Br)cc1. The molecule has 0 fully saturated rings. The molecular weight excluding hydrogens is 302 g/mol. The van der Waals surface area contributed by atoms with Crippen LogP contribution in [0.15, 0.2) is 33.6 Å². The molecule has 0 aromatic heterocycles. The summed E-state index contributed by atoms with van der Waals surface area (Å²) in [7, 11) is 1.67. The largest absolute Gasteiger partial charge is 0.391 e. The first-order valence-corrected chi connectivity index (χ1v) is 7.26. The molecule has 1 aromatic rings. The molecule has 1 atom stereocenters. The van der Waals surface area contributed by atoms with Crippen molar-refractivity contribution in [3.05, 3.63) is 28.7 Å². The van der Waals surface area contributed by atoms with Crippen molar-refractivity contribution in [1.29, 1.82) is 0 Å². The van der Waals surface area contributed by atoms with Crippen LogP contribution < -0.4 is 5.32 Å². The van der Waals surface area contributed by atoms with E-state index in [0.717, 1.165) is 11.0 Å². The Bertz CT molecular complexity index is 308. The number of hydrogen-bond donors (Lipinski definition) is 2. The molecule has 0 spiro atoms. The molecule has 0 aliphatic heterocycles. The van der Waals surface area contributed by atoms with Crippen molar-refractivity contribution in [1.82, 2.24) is 5.32 Å². The highest BCUT2D eigenvalue weighted by atomic mass is 79.9.